The van der Waals surface area contributed by atoms with Crippen LogP contribution < -0.4 is 10.9 Å². The van der Waals surface area contributed by atoms with E-state index in [-0.39, 0.29) is 17.2 Å². The van der Waals surface area contributed by atoms with E-state index >= 15 is 0 Å². The number of rotatable bonds is 4. The molecular formula is C14H10N4O2S3. The SMILES string of the molecule is Cn1c(SCC(=O)Nc2sccc2C#N)nc2ccsc2c1=O. The molecule has 0 fully saturated rings. The normalized spacial score (nSPS) is 10.6. The summed E-state index contributed by atoms with van der Waals surface area (Å²) in [4.78, 5) is 28.6. The number of anilines is 1. The highest BCUT2D eigenvalue weighted by Crippen LogP contribution is 2.23. The molecule has 1 amide bonds. The molecule has 0 aliphatic heterocycles. The number of fused-ring (bicyclic) bond motifs is 1. The molecule has 0 atom stereocenters. The summed E-state index contributed by atoms with van der Waals surface area (Å²) in [7, 11) is 1.64. The fraction of sp³-hybridized carbons (Fsp3) is 0.143. The smallest absolute Gasteiger partial charge is 0.271 e. The van der Waals surface area contributed by atoms with Crippen LogP contribution in [0, 0.1) is 11.3 Å². The molecule has 0 radical (unpaired) electrons. The molecule has 0 aromatic carbocycles. The second kappa shape index (κ2) is 6.54. The van der Waals surface area contributed by atoms with Crippen LogP contribution >= 0.6 is 34.4 Å². The van der Waals surface area contributed by atoms with Crippen LogP contribution in [0.2, 0.25) is 0 Å². The zero-order chi connectivity index (χ0) is 16.4. The minimum Gasteiger partial charge on any atom is -0.316 e. The van der Waals surface area contributed by atoms with Gasteiger partial charge in [-0.15, -0.1) is 22.7 Å². The molecule has 3 aromatic heterocycles. The number of carbonyl (C=O) groups excluding carboxylic acids is 1. The number of nitrogens with zero attached hydrogens (tertiary/aromatic N) is 3. The van der Waals surface area contributed by atoms with Crippen LogP contribution in [0.3, 0.4) is 0 Å². The molecule has 0 spiro atoms. The summed E-state index contributed by atoms with van der Waals surface area (Å²) in [5, 5.41) is 16.2. The van der Waals surface area contributed by atoms with E-state index < -0.39 is 0 Å². The van der Waals surface area contributed by atoms with Crippen molar-refractivity contribution in [1.29, 1.82) is 5.26 Å². The molecule has 0 aliphatic carbocycles. The maximum atomic E-state index is 12.2. The molecule has 0 saturated carbocycles. The monoisotopic (exact) mass is 362 g/mol. The second-order valence-corrected chi connectivity index (χ2v) is 7.28. The van der Waals surface area contributed by atoms with E-state index in [2.05, 4.69) is 10.3 Å². The predicted molar refractivity (Wildman–Crippen MR) is 93.2 cm³/mol. The average molecular weight is 362 g/mol. The number of nitriles is 1. The molecule has 0 aliphatic rings. The molecule has 3 heterocycles. The number of thioether (sulfide) groups is 1. The molecule has 23 heavy (non-hydrogen) atoms. The topological polar surface area (TPSA) is 87.8 Å². The van der Waals surface area contributed by atoms with Gasteiger partial charge in [-0.05, 0) is 22.9 Å². The highest BCUT2D eigenvalue weighted by atomic mass is 32.2. The van der Waals surface area contributed by atoms with Gasteiger partial charge in [0.05, 0.1) is 16.8 Å². The first-order valence-corrected chi connectivity index (χ1v) is 9.19. The Morgan fingerprint density at radius 1 is 1.43 bits per heavy atom. The minimum absolute atomic E-state index is 0.110. The molecule has 3 rings (SSSR count). The zero-order valence-corrected chi connectivity index (χ0v) is 14.3. The van der Waals surface area contributed by atoms with E-state index in [0.29, 0.717) is 25.9 Å². The summed E-state index contributed by atoms with van der Waals surface area (Å²) in [6.07, 6.45) is 0. The van der Waals surface area contributed by atoms with Gasteiger partial charge in [0.2, 0.25) is 5.91 Å². The van der Waals surface area contributed by atoms with Crippen LogP contribution in [0.15, 0.2) is 32.8 Å². The number of aromatic nitrogens is 2. The highest BCUT2D eigenvalue weighted by molar-refractivity contribution is 7.99. The molecule has 3 aromatic rings. The van der Waals surface area contributed by atoms with Crippen molar-refractivity contribution in [3.8, 4) is 6.07 Å². The molecule has 0 bridgehead atoms. The quantitative estimate of drug-likeness (QED) is 0.569. The number of hydrogen-bond acceptors (Lipinski definition) is 7. The lowest BCUT2D eigenvalue weighted by Gasteiger charge is -2.07. The van der Waals surface area contributed by atoms with Gasteiger partial charge in [0.25, 0.3) is 5.56 Å². The second-order valence-electron chi connectivity index (χ2n) is 4.51. The average Bonchev–Trinajstić information content (AvgIpc) is 3.18. The predicted octanol–water partition coefficient (Wildman–Crippen LogP) is 2.66. The Labute approximate surface area is 143 Å². The number of nitrogens with one attached hydrogen (secondary N) is 1. The Morgan fingerprint density at radius 3 is 3.00 bits per heavy atom. The molecule has 0 unspecified atom stereocenters. The van der Waals surface area contributed by atoms with Gasteiger partial charge in [0.15, 0.2) is 5.16 Å². The Balaban J connectivity index is 1.73. The maximum absolute atomic E-state index is 12.2. The Hall–Kier alpha value is -2.15. The van der Waals surface area contributed by atoms with Crippen LogP contribution in [-0.2, 0) is 11.8 Å². The van der Waals surface area contributed by atoms with Gasteiger partial charge in [-0.2, -0.15) is 5.26 Å². The molecule has 9 heteroatoms. The highest BCUT2D eigenvalue weighted by Gasteiger charge is 2.13. The van der Waals surface area contributed by atoms with E-state index in [4.69, 9.17) is 5.26 Å². The van der Waals surface area contributed by atoms with E-state index in [1.165, 1.54) is 39.0 Å². The third kappa shape index (κ3) is 3.14. The van der Waals surface area contributed by atoms with Crippen molar-refractivity contribution in [2.45, 2.75) is 5.16 Å². The summed E-state index contributed by atoms with van der Waals surface area (Å²) in [5.41, 5.74) is 0.975. The Kier molecular flexibility index (Phi) is 4.47. The van der Waals surface area contributed by atoms with Gasteiger partial charge < -0.3 is 5.32 Å². The van der Waals surface area contributed by atoms with Crippen molar-refractivity contribution in [2.24, 2.45) is 7.05 Å². The lowest BCUT2D eigenvalue weighted by Crippen LogP contribution is -2.20. The summed E-state index contributed by atoms with van der Waals surface area (Å²) in [6, 6.07) is 5.46. The first kappa shape index (κ1) is 15.7. The third-order valence-electron chi connectivity index (χ3n) is 3.02. The molecule has 1 N–H and O–H groups in total. The number of hydrogen-bond donors (Lipinski definition) is 1. The van der Waals surface area contributed by atoms with Gasteiger partial charge >= 0.3 is 0 Å². The van der Waals surface area contributed by atoms with Gasteiger partial charge in [-0.25, -0.2) is 4.98 Å². The minimum atomic E-state index is -0.242. The van der Waals surface area contributed by atoms with Gasteiger partial charge in [0.1, 0.15) is 15.8 Å². The Morgan fingerprint density at radius 2 is 2.22 bits per heavy atom. The fourth-order valence-electron chi connectivity index (χ4n) is 1.88. The standard InChI is InChI=1S/C14H10N4O2S3/c1-18-13(20)11-9(3-5-21-11)16-14(18)23-7-10(19)17-12-8(6-15)2-4-22-12/h2-5H,7H2,1H3,(H,17,19). The van der Waals surface area contributed by atoms with Crippen molar-refractivity contribution >= 4 is 55.6 Å². The largest absolute Gasteiger partial charge is 0.316 e. The van der Waals surface area contributed by atoms with Crippen LogP contribution in [0.25, 0.3) is 10.2 Å². The van der Waals surface area contributed by atoms with Crippen molar-refractivity contribution < 1.29 is 4.79 Å². The van der Waals surface area contributed by atoms with Crippen molar-refractivity contribution in [2.75, 3.05) is 11.1 Å². The van der Waals surface area contributed by atoms with Crippen LogP contribution in [0.1, 0.15) is 5.56 Å². The summed E-state index contributed by atoms with van der Waals surface area (Å²) in [5.74, 6) is -0.132. The first-order chi connectivity index (χ1) is 11.1. The summed E-state index contributed by atoms with van der Waals surface area (Å²) >= 11 is 3.84. The third-order valence-corrected chi connectivity index (χ3v) is 5.77. The molecular weight excluding hydrogens is 352 g/mol. The van der Waals surface area contributed by atoms with Crippen LogP contribution in [0.4, 0.5) is 5.00 Å². The first-order valence-electron chi connectivity index (χ1n) is 6.44. The molecule has 116 valence electrons. The summed E-state index contributed by atoms with van der Waals surface area (Å²) < 4.78 is 2.06. The molecule has 6 nitrogen and oxygen atoms in total. The van der Waals surface area contributed by atoms with E-state index in [0.717, 1.165) is 0 Å². The number of thiophene rings is 2. The van der Waals surface area contributed by atoms with Crippen LogP contribution in [0.5, 0.6) is 0 Å². The Bertz CT molecular complexity index is 980. The number of amides is 1. The van der Waals surface area contributed by atoms with Gasteiger partial charge in [0, 0.05) is 7.05 Å². The lowest BCUT2D eigenvalue weighted by atomic mass is 10.3. The van der Waals surface area contributed by atoms with Gasteiger partial charge in [-0.3, -0.25) is 14.2 Å². The van der Waals surface area contributed by atoms with E-state index in [1.54, 1.807) is 24.6 Å². The molecule has 0 saturated heterocycles. The van der Waals surface area contributed by atoms with Crippen LogP contribution in [-0.4, -0.2) is 21.2 Å². The fourth-order valence-corrected chi connectivity index (χ4v) is 4.21. The van der Waals surface area contributed by atoms with Crippen molar-refractivity contribution in [3.05, 3.63) is 38.8 Å². The number of carbonyl (C=O) groups is 1. The summed E-state index contributed by atoms with van der Waals surface area (Å²) in [6.45, 7) is 0. The maximum Gasteiger partial charge on any atom is 0.271 e. The van der Waals surface area contributed by atoms with E-state index in [9.17, 15) is 9.59 Å². The lowest BCUT2D eigenvalue weighted by molar-refractivity contribution is -0.113. The zero-order valence-electron chi connectivity index (χ0n) is 11.9. The van der Waals surface area contributed by atoms with Crippen molar-refractivity contribution in [1.82, 2.24) is 9.55 Å². The van der Waals surface area contributed by atoms with Crippen molar-refractivity contribution in [3.63, 3.8) is 0 Å². The van der Waals surface area contributed by atoms with E-state index in [1.807, 2.05) is 11.4 Å². The van der Waals surface area contributed by atoms with Gasteiger partial charge in [-0.1, -0.05) is 11.8 Å².